The molecule has 0 aromatic carbocycles. The molecule has 18 heavy (non-hydrogen) atoms. The summed E-state index contributed by atoms with van der Waals surface area (Å²) in [6.07, 6.45) is 0.693. The van der Waals surface area contributed by atoms with E-state index in [-0.39, 0.29) is 13.1 Å². The highest BCUT2D eigenvalue weighted by Gasteiger charge is 2.51. The average molecular weight is 278 g/mol. The minimum Gasteiger partial charge on any atom is -0.480 e. The van der Waals surface area contributed by atoms with E-state index in [0.717, 1.165) is 0 Å². The van der Waals surface area contributed by atoms with Gasteiger partial charge in [-0.1, -0.05) is 13.8 Å². The number of hydrogen-bond acceptors (Lipinski definition) is 4. The van der Waals surface area contributed by atoms with Gasteiger partial charge in [-0.25, -0.2) is 17.5 Å². The van der Waals surface area contributed by atoms with Crippen molar-refractivity contribution >= 4 is 21.9 Å². The number of rotatable bonds is 7. The maximum Gasteiger partial charge on any atom is 0.329 e. The van der Waals surface area contributed by atoms with Gasteiger partial charge in [0.1, 0.15) is 11.3 Å². The molecule has 0 aromatic heterocycles. The third kappa shape index (κ3) is 3.20. The molecule has 1 rings (SSSR count). The van der Waals surface area contributed by atoms with Crippen molar-refractivity contribution in [3.63, 3.8) is 0 Å². The molecule has 0 radical (unpaired) electrons. The van der Waals surface area contributed by atoms with Gasteiger partial charge < -0.3 is 10.4 Å². The second-order valence-electron chi connectivity index (χ2n) is 4.28. The molecule has 0 bridgehead atoms. The Bertz CT molecular complexity index is 437. The van der Waals surface area contributed by atoms with E-state index >= 15 is 0 Å². The van der Waals surface area contributed by atoms with Gasteiger partial charge in [0.25, 0.3) is 0 Å². The monoisotopic (exact) mass is 278 g/mol. The van der Waals surface area contributed by atoms with Crippen molar-refractivity contribution in [1.29, 1.82) is 0 Å². The van der Waals surface area contributed by atoms with Crippen molar-refractivity contribution in [2.24, 2.45) is 0 Å². The minimum absolute atomic E-state index is 0.288. The molecule has 1 amide bonds. The smallest absolute Gasteiger partial charge is 0.329 e. The Kier molecular flexibility index (Phi) is 4.33. The molecule has 1 saturated carbocycles. The molecular weight excluding hydrogens is 260 g/mol. The molecule has 0 atom stereocenters. The van der Waals surface area contributed by atoms with Gasteiger partial charge in [0.2, 0.25) is 15.9 Å². The Morgan fingerprint density at radius 2 is 1.78 bits per heavy atom. The number of carbonyl (C=O) groups excluding carboxylic acids is 1. The summed E-state index contributed by atoms with van der Waals surface area (Å²) < 4.78 is 24.8. The number of sulfonamides is 1. The summed E-state index contributed by atoms with van der Waals surface area (Å²) in [7, 11) is -3.66. The van der Waals surface area contributed by atoms with Crippen LogP contribution >= 0.6 is 0 Å². The van der Waals surface area contributed by atoms with Gasteiger partial charge in [0.05, 0.1) is 0 Å². The van der Waals surface area contributed by atoms with Crippen LogP contribution in [-0.4, -0.2) is 54.1 Å². The molecule has 0 unspecified atom stereocenters. The van der Waals surface area contributed by atoms with Crippen molar-refractivity contribution in [2.75, 3.05) is 18.8 Å². The number of nitrogens with one attached hydrogen (secondary N) is 1. The van der Waals surface area contributed by atoms with Crippen LogP contribution in [0.2, 0.25) is 0 Å². The van der Waals surface area contributed by atoms with E-state index in [0.29, 0.717) is 12.8 Å². The number of nitrogens with zero attached hydrogens (tertiary/aromatic N) is 1. The summed E-state index contributed by atoms with van der Waals surface area (Å²) in [4.78, 5) is 22.4. The number of carbonyl (C=O) groups is 2. The highest BCUT2D eigenvalue weighted by molar-refractivity contribution is 7.89. The number of aliphatic carboxylic acids is 1. The topological polar surface area (TPSA) is 104 Å². The Labute approximate surface area is 106 Å². The van der Waals surface area contributed by atoms with E-state index in [4.69, 9.17) is 5.11 Å². The highest BCUT2D eigenvalue weighted by Crippen LogP contribution is 2.35. The second-order valence-corrected chi connectivity index (χ2v) is 6.24. The lowest BCUT2D eigenvalue weighted by atomic mass is 10.3. The van der Waals surface area contributed by atoms with Crippen LogP contribution < -0.4 is 5.32 Å². The summed E-state index contributed by atoms with van der Waals surface area (Å²) in [6.45, 7) is 3.93. The van der Waals surface area contributed by atoms with Crippen LogP contribution in [0.1, 0.15) is 26.7 Å². The van der Waals surface area contributed by atoms with E-state index in [1.807, 2.05) is 0 Å². The summed E-state index contributed by atoms with van der Waals surface area (Å²) >= 11 is 0. The maximum atomic E-state index is 11.8. The Morgan fingerprint density at radius 3 is 2.11 bits per heavy atom. The molecule has 0 spiro atoms. The lowest BCUT2D eigenvalue weighted by Crippen LogP contribution is -2.47. The standard InChI is InChI=1S/C10H18N2O5S/c1-3-12(4-2)18(16,17)7-8(13)11-10(5-6-10)9(14)15/h3-7H2,1-2H3,(H,11,13)(H,14,15). The maximum absolute atomic E-state index is 11.8. The largest absolute Gasteiger partial charge is 0.480 e. The van der Waals surface area contributed by atoms with Gasteiger partial charge in [0, 0.05) is 13.1 Å². The van der Waals surface area contributed by atoms with Gasteiger partial charge in [-0.3, -0.25) is 4.79 Å². The zero-order chi connectivity index (χ0) is 14.0. The lowest BCUT2D eigenvalue weighted by Gasteiger charge is -2.19. The van der Waals surface area contributed by atoms with Gasteiger partial charge in [0.15, 0.2) is 0 Å². The fourth-order valence-corrected chi connectivity index (χ4v) is 3.07. The van der Waals surface area contributed by atoms with E-state index in [1.165, 1.54) is 4.31 Å². The van der Waals surface area contributed by atoms with Gasteiger partial charge >= 0.3 is 5.97 Å². The van der Waals surface area contributed by atoms with Crippen LogP contribution in [0.15, 0.2) is 0 Å². The SMILES string of the molecule is CCN(CC)S(=O)(=O)CC(=O)NC1(C(=O)O)CC1. The first kappa shape index (κ1) is 14.9. The number of carboxylic acid groups (broad SMARTS) is 1. The average Bonchev–Trinajstić information content (AvgIpc) is 2.98. The number of amides is 1. The normalized spacial score (nSPS) is 17.5. The highest BCUT2D eigenvalue weighted by atomic mass is 32.2. The van der Waals surface area contributed by atoms with E-state index in [9.17, 15) is 18.0 Å². The fourth-order valence-electron chi connectivity index (χ4n) is 1.69. The first-order valence-corrected chi connectivity index (χ1v) is 7.40. The van der Waals surface area contributed by atoms with Gasteiger partial charge in [-0.2, -0.15) is 0 Å². The summed E-state index contributed by atoms with van der Waals surface area (Å²) in [6, 6.07) is 0. The second kappa shape index (κ2) is 5.23. The quantitative estimate of drug-likeness (QED) is 0.646. The molecule has 1 fully saturated rings. The van der Waals surface area contributed by atoms with Crippen molar-refractivity contribution in [2.45, 2.75) is 32.2 Å². The first-order valence-electron chi connectivity index (χ1n) is 5.79. The summed E-state index contributed by atoms with van der Waals surface area (Å²) in [5, 5.41) is 11.2. The van der Waals surface area contributed by atoms with E-state index < -0.39 is 33.2 Å². The molecule has 8 heteroatoms. The predicted octanol–water partition coefficient (Wildman–Crippen LogP) is -0.609. The first-order chi connectivity index (χ1) is 8.27. The van der Waals surface area contributed by atoms with E-state index in [2.05, 4.69) is 5.32 Å². The Balaban J connectivity index is 2.63. The minimum atomic E-state index is -3.66. The van der Waals surface area contributed by atoms with Crippen molar-refractivity contribution in [3.05, 3.63) is 0 Å². The number of hydrogen-bond donors (Lipinski definition) is 2. The third-order valence-electron chi connectivity index (χ3n) is 2.95. The van der Waals surface area contributed by atoms with Crippen LogP contribution in [0.25, 0.3) is 0 Å². The fraction of sp³-hybridized carbons (Fsp3) is 0.800. The van der Waals surface area contributed by atoms with Crippen molar-refractivity contribution in [3.8, 4) is 0 Å². The van der Waals surface area contributed by atoms with Crippen LogP contribution in [-0.2, 0) is 19.6 Å². The zero-order valence-corrected chi connectivity index (χ0v) is 11.3. The van der Waals surface area contributed by atoms with Gasteiger partial charge in [-0.15, -0.1) is 0 Å². The Hall–Kier alpha value is -1.15. The zero-order valence-electron chi connectivity index (χ0n) is 10.5. The molecule has 104 valence electrons. The molecule has 0 aromatic rings. The molecule has 0 heterocycles. The van der Waals surface area contributed by atoms with Crippen molar-refractivity contribution in [1.82, 2.24) is 9.62 Å². The van der Waals surface area contributed by atoms with Crippen LogP contribution in [0.4, 0.5) is 0 Å². The van der Waals surface area contributed by atoms with Crippen LogP contribution in [0, 0.1) is 0 Å². The lowest BCUT2D eigenvalue weighted by molar-refractivity contribution is -0.142. The third-order valence-corrected chi connectivity index (χ3v) is 4.88. The molecule has 1 aliphatic carbocycles. The molecule has 2 N–H and O–H groups in total. The van der Waals surface area contributed by atoms with Crippen LogP contribution in [0.3, 0.4) is 0 Å². The van der Waals surface area contributed by atoms with Crippen LogP contribution in [0.5, 0.6) is 0 Å². The number of carboxylic acids is 1. The molecule has 0 aliphatic heterocycles. The van der Waals surface area contributed by atoms with E-state index in [1.54, 1.807) is 13.8 Å². The molecule has 0 saturated heterocycles. The molecule has 7 nitrogen and oxygen atoms in total. The Morgan fingerprint density at radius 1 is 1.28 bits per heavy atom. The molecular formula is C10H18N2O5S. The summed E-state index contributed by atoms with van der Waals surface area (Å²) in [5.74, 6) is -2.58. The summed E-state index contributed by atoms with van der Waals surface area (Å²) in [5.41, 5.74) is -1.24. The molecule has 1 aliphatic rings. The predicted molar refractivity (Wildman–Crippen MR) is 64.5 cm³/mol. The van der Waals surface area contributed by atoms with Crippen molar-refractivity contribution < 1.29 is 23.1 Å². The van der Waals surface area contributed by atoms with Gasteiger partial charge in [-0.05, 0) is 12.8 Å².